The molecule has 0 saturated carbocycles. The summed E-state index contributed by atoms with van der Waals surface area (Å²) >= 11 is 0. The van der Waals surface area contributed by atoms with Gasteiger partial charge < -0.3 is 5.32 Å². The Balaban J connectivity index is 0.00000225. The molecule has 0 unspecified atom stereocenters. The molecule has 1 N–H and O–H groups in total. The van der Waals surface area contributed by atoms with Gasteiger partial charge >= 0.3 is 20.1 Å². The summed E-state index contributed by atoms with van der Waals surface area (Å²) in [4.78, 5) is 4.59. The normalized spacial score (nSPS) is 11.5. The van der Waals surface area contributed by atoms with Crippen molar-refractivity contribution in [2.75, 3.05) is 0 Å². The molecule has 0 aliphatic heterocycles. The van der Waals surface area contributed by atoms with Gasteiger partial charge in [0, 0.05) is 17.6 Å². The van der Waals surface area contributed by atoms with Gasteiger partial charge in [-0.15, -0.1) is 0 Å². The first kappa shape index (κ1) is 15.3. The van der Waals surface area contributed by atoms with E-state index in [9.17, 15) is 0 Å². The van der Waals surface area contributed by atoms with E-state index in [-0.39, 0.29) is 20.1 Å². The molecule has 0 radical (unpaired) electrons. The zero-order chi connectivity index (χ0) is 11.3. The van der Waals surface area contributed by atoms with Crippen LogP contribution in [0.25, 0.3) is 0 Å². The van der Waals surface area contributed by atoms with Crippen molar-refractivity contribution in [3.05, 3.63) is 35.9 Å². The summed E-state index contributed by atoms with van der Waals surface area (Å²) in [6, 6.07) is 11.0. The third-order valence-electron chi connectivity index (χ3n) is 1.86. The SMILES string of the molecule is CC(C)N=C(NC(C)C)c1ccccc1.[Ir+3]. The molecule has 0 heterocycles. The number of hydrogen-bond donors (Lipinski definition) is 1. The smallest absolute Gasteiger partial charge is 0.368 e. The Morgan fingerprint density at radius 1 is 1.06 bits per heavy atom. The van der Waals surface area contributed by atoms with Crippen LogP contribution in [0.4, 0.5) is 0 Å². The number of rotatable bonds is 3. The number of amidine groups is 1. The topological polar surface area (TPSA) is 24.4 Å². The van der Waals surface area contributed by atoms with Crippen LogP contribution in [0.5, 0.6) is 0 Å². The van der Waals surface area contributed by atoms with Crippen LogP contribution < -0.4 is 5.32 Å². The van der Waals surface area contributed by atoms with Gasteiger partial charge in [-0.1, -0.05) is 30.3 Å². The van der Waals surface area contributed by atoms with E-state index in [0.29, 0.717) is 12.1 Å². The van der Waals surface area contributed by atoms with Crippen molar-refractivity contribution in [3.63, 3.8) is 0 Å². The Morgan fingerprint density at radius 3 is 2.06 bits per heavy atom. The van der Waals surface area contributed by atoms with Gasteiger partial charge in [-0.05, 0) is 27.7 Å². The molecule has 1 aromatic rings. The number of aliphatic imine (C=N–C) groups is 1. The Bertz CT molecular complexity index is 318. The number of nitrogens with zero attached hydrogens (tertiary/aromatic N) is 1. The molecular weight excluding hydrogens is 376 g/mol. The number of nitrogens with one attached hydrogen (secondary N) is 1. The van der Waals surface area contributed by atoms with Crippen LogP contribution in [-0.2, 0) is 20.1 Å². The Morgan fingerprint density at radius 2 is 1.62 bits per heavy atom. The minimum atomic E-state index is 0. The fraction of sp³-hybridized carbons (Fsp3) is 0.462. The average molecular weight is 397 g/mol. The standard InChI is InChI=1S/C13H20N2.Ir/c1-10(2)14-13(15-11(3)4)12-8-6-5-7-9-12;/h5-11H,1-4H3,(H,14,15);/q;+3. The summed E-state index contributed by atoms with van der Waals surface area (Å²) in [6.45, 7) is 8.42. The van der Waals surface area contributed by atoms with Gasteiger partial charge in [-0.25, -0.2) is 0 Å². The van der Waals surface area contributed by atoms with E-state index in [4.69, 9.17) is 0 Å². The second-order valence-electron chi connectivity index (χ2n) is 4.24. The molecule has 16 heavy (non-hydrogen) atoms. The quantitative estimate of drug-likeness (QED) is 0.617. The molecule has 0 bridgehead atoms. The molecule has 0 aliphatic carbocycles. The molecule has 3 heteroatoms. The van der Waals surface area contributed by atoms with Gasteiger partial charge in [0.2, 0.25) is 0 Å². The zero-order valence-electron chi connectivity index (χ0n) is 10.3. The van der Waals surface area contributed by atoms with Crippen molar-refractivity contribution in [1.29, 1.82) is 0 Å². The van der Waals surface area contributed by atoms with Crippen molar-refractivity contribution < 1.29 is 20.1 Å². The second kappa shape index (κ2) is 7.59. The predicted molar refractivity (Wildman–Crippen MR) is 66.4 cm³/mol. The number of hydrogen-bond acceptors (Lipinski definition) is 1. The zero-order valence-corrected chi connectivity index (χ0v) is 12.7. The van der Waals surface area contributed by atoms with Crippen molar-refractivity contribution in [3.8, 4) is 0 Å². The van der Waals surface area contributed by atoms with E-state index in [1.54, 1.807) is 0 Å². The summed E-state index contributed by atoms with van der Waals surface area (Å²) in [7, 11) is 0. The van der Waals surface area contributed by atoms with Gasteiger partial charge in [0.25, 0.3) is 0 Å². The first-order valence-corrected chi connectivity index (χ1v) is 5.49. The van der Waals surface area contributed by atoms with Crippen LogP contribution in [0.1, 0.15) is 33.3 Å². The first-order valence-electron chi connectivity index (χ1n) is 5.49. The van der Waals surface area contributed by atoms with Crippen LogP contribution in [0.15, 0.2) is 35.3 Å². The minimum Gasteiger partial charge on any atom is -0.368 e. The van der Waals surface area contributed by atoms with E-state index in [2.05, 4.69) is 50.1 Å². The summed E-state index contributed by atoms with van der Waals surface area (Å²) < 4.78 is 0. The van der Waals surface area contributed by atoms with Crippen molar-refractivity contribution in [2.24, 2.45) is 4.99 Å². The third-order valence-corrected chi connectivity index (χ3v) is 1.86. The maximum absolute atomic E-state index is 4.59. The van der Waals surface area contributed by atoms with Crippen LogP contribution in [0, 0.1) is 0 Å². The van der Waals surface area contributed by atoms with Crippen LogP contribution in [-0.4, -0.2) is 17.9 Å². The van der Waals surface area contributed by atoms with E-state index in [0.717, 1.165) is 11.4 Å². The average Bonchev–Trinajstić information content (AvgIpc) is 2.17. The van der Waals surface area contributed by atoms with E-state index >= 15 is 0 Å². The van der Waals surface area contributed by atoms with Crippen molar-refractivity contribution >= 4 is 5.84 Å². The maximum Gasteiger partial charge on any atom is 3.00 e. The van der Waals surface area contributed by atoms with Crippen LogP contribution in [0.3, 0.4) is 0 Å². The largest absolute Gasteiger partial charge is 3.00 e. The molecule has 1 rings (SSSR count). The molecule has 0 fully saturated rings. The molecule has 0 aliphatic rings. The molecule has 88 valence electrons. The van der Waals surface area contributed by atoms with E-state index in [1.807, 2.05) is 18.2 Å². The summed E-state index contributed by atoms with van der Waals surface area (Å²) in [5.41, 5.74) is 1.15. The molecule has 0 saturated heterocycles. The van der Waals surface area contributed by atoms with Crippen LogP contribution in [0.2, 0.25) is 0 Å². The Labute approximate surface area is 112 Å². The molecule has 1 aromatic carbocycles. The molecule has 0 spiro atoms. The van der Waals surface area contributed by atoms with E-state index < -0.39 is 0 Å². The van der Waals surface area contributed by atoms with Gasteiger partial charge in [0.15, 0.2) is 0 Å². The van der Waals surface area contributed by atoms with Gasteiger partial charge in [-0.2, -0.15) is 0 Å². The minimum absolute atomic E-state index is 0. The van der Waals surface area contributed by atoms with E-state index in [1.165, 1.54) is 0 Å². The fourth-order valence-corrected chi connectivity index (χ4v) is 1.32. The van der Waals surface area contributed by atoms with Crippen molar-refractivity contribution in [1.82, 2.24) is 5.32 Å². The summed E-state index contributed by atoms with van der Waals surface area (Å²) in [5.74, 6) is 0.987. The third kappa shape index (κ3) is 5.43. The summed E-state index contributed by atoms with van der Waals surface area (Å²) in [5, 5.41) is 3.38. The number of benzene rings is 1. The summed E-state index contributed by atoms with van der Waals surface area (Å²) in [6.07, 6.45) is 0. The van der Waals surface area contributed by atoms with Gasteiger partial charge in [0.1, 0.15) is 5.84 Å². The Kier molecular flexibility index (Phi) is 7.27. The maximum atomic E-state index is 4.59. The van der Waals surface area contributed by atoms with Crippen molar-refractivity contribution in [2.45, 2.75) is 39.8 Å². The van der Waals surface area contributed by atoms with Crippen LogP contribution >= 0.6 is 0 Å². The molecule has 0 amide bonds. The monoisotopic (exact) mass is 397 g/mol. The second-order valence-corrected chi connectivity index (χ2v) is 4.24. The predicted octanol–water partition coefficient (Wildman–Crippen LogP) is 2.84. The molecule has 0 aromatic heterocycles. The fourth-order valence-electron chi connectivity index (χ4n) is 1.32. The Hall–Kier alpha value is -0.661. The molecular formula is C13H20IrN2+3. The van der Waals surface area contributed by atoms with Gasteiger partial charge in [0.05, 0.1) is 0 Å². The van der Waals surface area contributed by atoms with Gasteiger partial charge in [-0.3, -0.25) is 4.99 Å². The molecule has 2 nitrogen and oxygen atoms in total. The first-order chi connectivity index (χ1) is 7.09. The molecule has 0 atom stereocenters.